The molecule has 1 aromatic heterocycles. The van der Waals surface area contributed by atoms with Gasteiger partial charge in [-0.25, -0.2) is 4.79 Å². The van der Waals surface area contributed by atoms with Crippen LogP contribution in [0.25, 0.3) is 11.1 Å². The number of oxazole rings is 1. The van der Waals surface area contributed by atoms with E-state index < -0.39 is 5.76 Å². The van der Waals surface area contributed by atoms with Crippen LogP contribution in [-0.2, 0) is 4.79 Å². The smallest absolute Gasteiger partial charge is 0.408 e. The summed E-state index contributed by atoms with van der Waals surface area (Å²) in [6, 6.07) is 5.21. The molecule has 0 aliphatic heterocycles. The molecule has 2 aromatic rings. The van der Waals surface area contributed by atoms with Gasteiger partial charge in [0, 0.05) is 11.6 Å². The number of aromatic amines is 1. The van der Waals surface area contributed by atoms with E-state index in [4.69, 9.17) is 4.42 Å². The summed E-state index contributed by atoms with van der Waals surface area (Å²) in [6.45, 7) is 0. The number of amides is 1. The molecule has 104 valence electrons. The standard InChI is InChI=1S/C15H16N2O3/c18-14(11-6-8-1-2-9(11)5-8)16-10-3-4-13-12(7-10)17-15(19)20-13/h3-4,7-9,11H,1-2,5-6H2,(H,16,18)(H,17,19). The molecular formula is C15H16N2O3. The Hall–Kier alpha value is -2.04. The monoisotopic (exact) mass is 272 g/mol. The van der Waals surface area contributed by atoms with Gasteiger partial charge in [0.05, 0.1) is 5.52 Å². The molecule has 2 aliphatic rings. The summed E-state index contributed by atoms with van der Waals surface area (Å²) in [7, 11) is 0. The lowest BCUT2D eigenvalue weighted by Crippen LogP contribution is -2.27. The molecule has 3 unspecified atom stereocenters. The highest BCUT2D eigenvalue weighted by atomic mass is 16.4. The Morgan fingerprint density at radius 2 is 2.20 bits per heavy atom. The maximum Gasteiger partial charge on any atom is 0.417 e. The van der Waals surface area contributed by atoms with Crippen molar-refractivity contribution in [3.05, 3.63) is 28.7 Å². The Morgan fingerprint density at radius 1 is 1.30 bits per heavy atom. The van der Waals surface area contributed by atoms with E-state index >= 15 is 0 Å². The van der Waals surface area contributed by atoms with E-state index in [1.807, 2.05) is 0 Å². The van der Waals surface area contributed by atoms with Gasteiger partial charge < -0.3 is 9.73 Å². The number of benzene rings is 1. The maximum absolute atomic E-state index is 12.3. The van der Waals surface area contributed by atoms with Gasteiger partial charge in [-0.2, -0.15) is 0 Å². The van der Waals surface area contributed by atoms with E-state index in [-0.39, 0.29) is 11.8 Å². The summed E-state index contributed by atoms with van der Waals surface area (Å²) in [5.74, 6) is 1.12. The fourth-order valence-electron chi connectivity index (χ4n) is 3.83. The van der Waals surface area contributed by atoms with Gasteiger partial charge in [0.2, 0.25) is 5.91 Å². The minimum atomic E-state index is -0.475. The summed E-state index contributed by atoms with van der Waals surface area (Å²) in [6.07, 6.45) is 4.72. The van der Waals surface area contributed by atoms with Gasteiger partial charge in [0.1, 0.15) is 0 Å². The number of H-pyrrole nitrogens is 1. The van der Waals surface area contributed by atoms with E-state index in [0.717, 1.165) is 12.3 Å². The van der Waals surface area contributed by atoms with Crippen molar-refractivity contribution >= 4 is 22.7 Å². The molecule has 2 bridgehead atoms. The second kappa shape index (κ2) is 4.23. The van der Waals surface area contributed by atoms with Gasteiger partial charge in [-0.15, -0.1) is 0 Å². The molecule has 5 heteroatoms. The molecule has 2 fully saturated rings. The van der Waals surface area contributed by atoms with Crippen LogP contribution in [0.3, 0.4) is 0 Å². The zero-order valence-electron chi connectivity index (χ0n) is 11.0. The van der Waals surface area contributed by atoms with Crippen molar-refractivity contribution in [2.24, 2.45) is 17.8 Å². The topological polar surface area (TPSA) is 75.1 Å². The molecule has 1 aromatic carbocycles. The van der Waals surface area contributed by atoms with Gasteiger partial charge in [-0.3, -0.25) is 9.78 Å². The Bertz CT molecular complexity index is 730. The van der Waals surface area contributed by atoms with Crippen LogP contribution in [-0.4, -0.2) is 10.9 Å². The molecule has 5 nitrogen and oxygen atoms in total. The van der Waals surface area contributed by atoms with Crippen LogP contribution in [0.2, 0.25) is 0 Å². The lowest BCUT2D eigenvalue weighted by molar-refractivity contribution is -0.121. The Balaban J connectivity index is 1.54. The number of carbonyl (C=O) groups is 1. The number of aromatic nitrogens is 1. The maximum atomic E-state index is 12.3. The third-order valence-corrected chi connectivity index (χ3v) is 4.76. The number of fused-ring (bicyclic) bond motifs is 3. The van der Waals surface area contributed by atoms with Crippen molar-refractivity contribution in [1.29, 1.82) is 0 Å². The highest BCUT2D eigenvalue weighted by Crippen LogP contribution is 2.48. The Labute approximate surface area is 115 Å². The first kappa shape index (κ1) is 11.8. The molecule has 2 aliphatic carbocycles. The molecule has 0 radical (unpaired) electrons. The van der Waals surface area contributed by atoms with Crippen LogP contribution >= 0.6 is 0 Å². The van der Waals surface area contributed by atoms with Crippen molar-refractivity contribution in [3.8, 4) is 0 Å². The zero-order valence-corrected chi connectivity index (χ0v) is 11.0. The predicted molar refractivity (Wildman–Crippen MR) is 74.4 cm³/mol. The van der Waals surface area contributed by atoms with E-state index in [0.29, 0.717) is 22.7 Å². The van der Waals surface area contributed by atoms with Crippen LogP contribution < -0.4 is 11.1 Å². The number of rotatable bonds is 2. The predicted octanol–water partition coefficient (Wildman–Crippen LogP) is 2.50. The van der Waals surface area contributed by atoms with Gasteiger partial charge in [0.15, 0.2) is 5.58 Å². The molecule has 0 spiro atoms. The summed E-state index contributed by atoms with van der Waals surface area (Å²) in [4.78, 5) is 26.0. The van der Waals surface area contributed by atoms with Crippen molar-refractivity contribution < 1.29 is 9.21 Å². The SMILES string of the molecule is O=C(Nc1ccc2oc(=O)[nH]c2c1)C1CC2CCC1C2. The molecule has 1 heterocycles. The largest absolute Gasteiger partial charge is 0.417 e. The highest BCUT2D eigenvalue weighted by molar-refractivity contribution is 5.94. The molecule has 3 atom stereocenters. The van der Waals surface area contributed by atoms with E-state index in [9.17, 15) is 9.59 Å². The number of hydrogen-bond acceptors (Lipinski definition) is 3. The van der Waals surface area contributed by atoms with Gasteiger partial charge >= 0.3 is 5.76 Å². The zero-order chi connectivity index (χ0) is 13.7. The Kier molecular flexibility index (Phi) is 2.49. The van der Waals surface area contributed by atoms with E-state index in [1.165, 1.54) is 19.3 Å². The molecule has 0 saturated heterocycles. The molecule has 1 amide bonds. The second-order valence-electron chi connectivity index (χ2n) is 6.00. The van der Waals surface area contributed by atoms with Crippen molar-refractivity contribution in [2.45, 2.75) is 25.7 Å². The lowest BCUT2D eigenvalue weighted by atomic mass is 9.88. The fourth-order valence-corrected chi connectivity index (χ4v) is 3.83. The molecule has 20 heavy (non-hydrogen) atoms. The number of hydrogen-bond donors (Lipinski definition) is 2. The number of carbonyl (C=O) groups excluding carboxylic acids is 1. The molecular weight excluding hydrogens is 256 g/mol. The summed E-state index contributed by atoms with van der Waals surface area (Å²) >= 11 is 0. The van der Waals surface area contributed by atoms with Gasteiger partial charge in [-0.05, 0) is 49.3 Å². The minimum absolute atomic E-state index is 0.113. The van der Waals surface area contributed by atoms with Gasteiger partial charge in [-0.1, -0.05) is 6.42 Å². The molecule has 2 saturated carbocycles. The molecule has 4 rings (SSSR count). The average molecular weight is 272 g/mol. The van der Waals surface area contributed by atoms with E-state index in [2.05, 4.69) is 10.3 Å². The molecule has 2 N–H and O–H groups in total. The fraction of sp³-hybridized carbons (Fsp3) is 0.467. The average Bonchev–Trinajstić information content (AvgIpc) is 3.11. The third kappa shape index (κ3) is 1.85. The number of nitrogens with one attached hydrogen (secondary N) is 2. The second-order valence-corrected chi connectivity index (χ2v) is 6.00. The highest BCUT2D eigenvalue weighted by Gasteiger charge is 2.42. The van der Waals surface area contributed by atoms with Crippen LogP contribution in [0.5, 0.6) is 0 Å². The lowest BCUT2D eigenvalue weighted by Gasteiger charge is -2.20. The summed E-state index contributed by atoms with van der Waals surface area (Å²) in [5, 5.41) is 2.97. The number of anilines is 1. The first-order valence-corrected chi connectivity index (χ1v) is 7.13. The quantitative estimate of drug-likeness (QED) is 0.882. The normalized spacial score (nSPS) is 28.1. The summed E-state index contributed by atoms with van der Waals surface area (Å²) in [5.41, 5.74) is 1.83. The van der Waals surface area contributed by atoms with Crippen molar-refractivity contribution in [3.63, 3.8) is 0 Å². The van der Waals surface area contributed by atoms with Crippen molar-refractivity contribution in [2.75, 3.05) is 5.32 Å². The van der Waals surface area contributed by atoms with Crippen molar-refractivity contribution in [1.82, 2.24) is 4.98 Å². The Morgan fingerprint density at radius 3 is 2.95 bits per heavy atom. The third-order valence-electron chi connectivity index (χ3n) is 4.76. The first-order valence-electron chi connectivity index (χ1n) is 7.13. The van der Waals surface area contributed by atoms with Gasteiger partial charge in [0.25, 0.3) is 0 Å². The summed E-state index contributed by atoms with van der Waals surface area (Å²) < 4.78 is 4.94. The van der Waals surface area contributed by atoms with Crippen LogP contribution in [0.15, 0.2) is 27.4 Å². The van der Waals surface area contributed by atoms with E-state index in [1.54, 1.807) is 18.2 Å². The minimum Gasteiger partial charge on any atom is -0.408 e. The van der Waals surface area contributed by atoms with Crippen LogP contribution in [0.4, 0.5) is 5.69 Å². The first-order chi connectivity index (χ1) is 9.69. The van der Waals surface area contributed by atoms with Crippen LogP contribution in [0, 0.1) is 17.8 Å². The van der Waals surface area contributed by atoms with Crippen LogP contribution in [0.1, 0.15) is 25.7 Å².